The summed E-state index contributed by atoms with van der Waals surface area (Å²) < 4.78 is 0. The molecule has 0 nitrogen and oxygen atoms in total. The Morgan fingerprint density at radius 2 is 1.46 bits per heavy atom. The van der Waals surface area contributed by atoms with Crippen LogP contribution in [0.4, 0.5) is 0 Å². The third-order valence-corrected chi connectivity index (χ3v) is 2.55. The second kappa shape index (κ2) is 12.0. The first kappa shape index (κ1) is 13.0. The molecule has 0 fully saturated rings. The molecule has 0 aromatic rings. The summed E-state index contributed by atoms with van der Waals surface area (Å²) in [6, 6.07) is 0. The zero-order valence-corrected chi connectivity index (χ0v) is 10.3. The Morgan fingerprint density at radius 3 is 2.08 bits per heavy atom. The van der Waals surface area contributed by atoms with Crippen molar-refractivity contribution >= 4 is 15.9 Å². The second-order valence-corrected chi connectivity index (χ2v) is 4.06. The van der Waals surface area contributed by atoms with Gasteiger partial charge >= 0.3 is 0 Å². The van der Waals surface area contributed by atoms with E-state index in [0.29, 0.717) is 0 Å². The first-order valence-electron chi connectivity index (χ1n) is 5.43. The molecule has 0 aliphatic heterocycles. The lowest BCUT2D eigenvalue weighted by Crippen LogP contribution is -1.80. The highest BCUT2D eigenvalue weighted by Crippen LogP contribution is 2.07. The predicted molar refractivity (Wildman–Crippen MR) is 64.2 cm³/mol. The van der Waals surface area contributed by atoms with Crippen molar-refractivity contribution in [2.24, 2.45) is 0 Å². The number of alkyl halides is 1. The number of halogens is 1. The highest BCUT2D eigenvalue weighted by molar-refractivity contribution is 9.09. The zero-order chi connectivity index (χ0) is 9.78. The summed E-state index contributed by atoms with van der Waals surface area (Å²) in [5.41, 5.74) is 0. The Bertz CT molecular complexity index is 141. The summed E-state index contributed by atoms with van der Waals surface area (Å²) in [4.78, 5) is 0. The van der Waals surface area contributed by atoms with E-state index in [1.165, 1.54) is 38.5 Å². The van der Waals surface area contributed by atoms with E-state index < -0.39 is 0 Å². The maximum Gasteiger partial charge on any atom is 0.00886 e. The molecule has 0 aliphatic carbocycles. The van der Waals surface area contributed by atoms with Gasteiger partial charge in [0.15, 0.2) is 0 Å². The topological polar surface area (TPSA) is 0 Å². The van der Waals surface area contributed by atoms with Gasteiger partial charge in [0, 0.05) is 18.2 Å². The van der Waals surface area contributed by atoms with E-state index in [9.17, 15) is 0 Å². The monoisotopic (exact) mass is 244 g/mol. The van der Waals surface area contributed by atoms with Gasteiger partial charge in [-0.2, -0.15) is 0 Å². The Labute approximate surface area is 91.6 Å². The number of hydrogen-bond acceptors (Lipinski definition) is 0. The first-order valence-corrected chi connectivity index (χ1v) is 6.55. The van der Waals surface area contributed by atoms with Gasteiger partial charge in [-0.05, 0) is 12.8 Å². The fourth-order valence-corrected chi connectivity index (χ4v) is 1.62. The third-order valence-electron chi connectivity index (χ3n) is 1.99. The summed E-state index contributed by atoms with van der Waals surface area (Å²) >= 11 is 3.44. The summed E-state index contributed by atoms with van der Waals surface area (Å²) in [6.45, 7) is 2.10. The van der Waals surface area contributed by atoms with E-state index in [1.54, 1.807) is 0 Å². The van der Waals surface area contributed by atoms with Gasteiger partial charge in [-0.15, -0.1) is 11.8 Å². The van der Waals surface area contributed by atoms with Crippen LogP contribution in [-0.4, -0.2) is 5.33 Å². The van der Waals surface area contributed by atoms with Gasteiger partial charge in [0.25, 0.3) is 0 Å². The minimum Gasteiger partial charge on any atom is -0.104 e. The quantitative estimate of drug-likeness (QED) is 0.351. The number of rotatable bonds is 7. The van der Waals surface area contributed by atoms with E-state index in [0.717, 1.165) is 18.2 Å². The average molecular weight is 245 g/mol. The van der Waals surface area contributed by atoms with Gasteiger partial charge in [-0.25, -0.2) is 0 Å². The number of unbranched alkanes of at least 4 members (excludes halogenated alkanes) is 6. The van der Waals surface area contributed by atoms with Crippen molar-refractivity contribution in [1.82, 2.24) is 0 Å². The second-order valence-electron chi connectivity index (χ2n) is 3.27. The van der Waals surface area contributed by atoms with Crippen molar-refractivity contribution in [2.75, 3.05) is 5.33 Å². The third kappa shape index (κ3) is 12.0. The van der Waals surface area contributed by atoms with Gasteiger partial charge in [-0.3, -0.25) is 0 Å². The molecule has 0 radical (unpaired) electrons. The highest BCUT2D eigenvalue weighted by atomic mass is 79.9. The Balaban J connectivity index is 2.91. The molecule has 0 spiro atoms. The molecule has 0 saturated carbocycles. The Kier molecular flexibility index (Phi) is 12.1. The molecule has 1 heteroatoms. The van der Waals surface area contributed by atoms with E-state index in [2.05, 4.69) is 34.7 Å². The summed E-state index contributed by atoms with van der Waals surface area (Å²) in [5.74, 6) is 6.28. The van der Waals surface area contributed by atoms with Gasteiger partial charge in [-0.1, -0.05) is 48.5 Å². The van der Waals surface area contributed by atoms with Crippen LogP contribution in [0.5, 0.6) is 0 Å². The van der Waals surface area contributed by atoms with Crippen LogP contribution in [0.1, 0.15) is 58.3 Å². The van der Waals surface area contributed by atoms with Gasteiger partial charge in [0.2, 0.25) is 0 Å². The molecule has 13 heavy (non-hydrogen) atoms. The van der Waals surface area contributed by atoms with Gasteiger partial charge in [0.1, 0.15) is 0 Å². The van der Waals surface area contributed by atoms with Crippen molar-refractivity contribution in [1.29, 1.82) is 0 Å². The molecule has 0 aromatic carbocycles. The van der Waals surface area contributed by atoms with Crippen molar-refractivity contribution in [3.8, 4) is 11.8 Å². The van der Waals surface area contributed by atoms with Crippen LogP contribution in [0.3, 0.4) is 0 Å². The van der Waals surface area contributed by atoms with Crippen LogP contribution >= 0.6 is 15.9 Å². The van der Waals surface area contributed by atoms with Crippen LogP contribution < -0.4 is 0 Å². The van der Waals surface area contributed by atoms with Crippen molar-refractivity contribution in [2.45, 2.75) is 58.3 Å². The molecular formula is C12H21Br. The molecule has 0 atom stereocenters. The van der Waals surface area contributed by atoms with Crippen LogP contribution in [0, 0.1) is 11.8 Å². The predicted octanol–water partition coefficient (Wildman–Crippen LogP) is 4.53. The van der Waals surface area contributed by atoms with E-state index in [1.807, 2.05) is 0 Å². The van der Waals surface area contributed by atoms with Crippen molar-refractivity contribution in [3.05, 3.63) is 0 Å². The fraction of sp³-hybridized carbons (Fsp3) is 0.833. The Morgan fingerprint density at radius 1 is 0.846 bits per heavy atom. The molecule has 0 bridgehead atoms. The molecule has 0 amide bonds. The maximum atomic E-state index is 3.44. The molecule has 0 aromatic heterocycles. The standard InChI is InChI=1S/C12H21Br/c1-2-3-4-5-6-7-8-9-10-11-12-13/h2,5-12H2,1H3. The lowest BCUT2D eigenvalue weighted by Gasteiger charge is -1.97. The smallest absolute Gasteiger partial charge is 0.00886 e. The molecule has 0 N–H and O–H groups in total. The zero-order valence-electron chi connectivity index (χ0n) is 8.74. The number of hydrogen-bond donors (Lipinski definition) is 0. The normalized spacial score (nSPS) is 9.38. The largest absolute Gasteiger partial charge is 0.104 e. The van der Waals surface area contributed by atoms with Crippen molar-refractivity contribution < 1.29 is 0 Å². The van der Waals surface area contributed by atoms with Crippen LogP contribution in [0.15, 0.2) is 0 Å². The SMILES string of the molecule is CCC#CCCCCCCCCBr. The first-order chi connectivity index (χ1) is 6.41. The van der Waals surface area contributed by atoms with Gasteiger partial charge in [0.05, 0.1) is 0 Å². The van der Waals surface area contributed by atoms with E-state index in [4.69, 9.17) is 0 Å². The summed E-state index contributed by atoms with van der Waals surface area (Å²) in [5, 5.41) is 1.16. The van der Waals surface area contributed by atoms with Crippen LogP contribution in [-0.2, 0) is 0 Å². The van der Waals surface area contributed by atoms with Crippen LogP contribution in [0.25, 0.3) is 0 Å². The molecule has 0 rings (SSSR count). The minimum absolute atomic E-state index is 1.01. The summed E-state index contributed by atoms with van der Waals surface area (Å²) in [7, 11) is 0. The molecule has 0 aliphatic rings. The van der Waals surface area contributed by atoms with Crippen LogP contribution in [0.2, 0.25) is 0 Å². The highest BCUT2D eigenvalue weighted by Gasteiger charge is 1.89. The average Bonchev–Trinajstić information content (AvgIpc) is 2.16. The fourth-order valence-electron chi connectivity index (χ4n) is 1.23. The molecular weight excluding hydrogens is 224 g/mol. The minimum atomic E-state index is 1.01. The lowest BCUT2D eigenvalue weighted by molar-refractivity contribution is 0.616. The molecule has 0 unspecified atom stereocenters. The summed E-state index contributed by atoms with van der Waals surface area (Å²) in [6.07, 6.45) is 10.3. The van der Waals surface area contributed by atoms with Gasteiger partial charge < -0.3 is 0 Å². The lowest BCUT2D eigenvalue weighted by atomic mass is 10.1. The maximum absolute atomic E-state index is 3.44. The van der Waals surface area contributed by atoms with E-state index in [-0.39, 0.29) is 0 Å². The van der Waals surface area contributed by atoms with E-state index >= 15 is 0 Å². The molecule has 0 saturated heterocycles. The van der Waals surface area contributed by atoms with Crippen molar-refractivity contribution in [3.63, 3.8) is 0 Å². The Hall–Kier alpha value is 0.0400. The molecule has 0 heterocycles. The molecule has 76 valence electrons.